The van der Waals surface area contributed by atoms with Crippen molar-refractivity contribution in [1.29, 1.82) is 0 Å². The van der Waals surface area contributed by atoms with Crippen LogP contribution in [0, 0.1) is 5.92 Å². The van der Waals surface area contributed by atoms with E-state index in [4.69, 9.17) is 4.74 Å². The van der Waals surface area contributed by atoms with Crippen LogP contribution in [0.1, 0.15) is 50.1 Å². The van der Waals surface area contributed by atoms with Crippen LogP contribution in [0.5, 0.6) is 0 Å². The van der Waals surface area contributed by atoms with Crippen molar-refractivity contribution in [3.05, 3.63) is 54.4 Å². The molecular formula is C28H39N5O2. The summed E-state index contributed by atoms with van der Waals surface area (Å²) in [6.07, 6.45) is 10.5. The second-order valence-corrected chi connectivity index (χ2v) is 10.1. The van der Waals surface area contributed by atoms with Gasteiger partial charge in [0.05, 0.1) is 13.2 Å². The minimum absolute atomic E-state index is 0.185. The average Bonchev–Trinajstić information content (AvgIpc) is 3.47. The van der Waals surface area contributed by atoms with Gasteiger partial charge in [-0.3, -0.25) is 14.7 Å². The van der Waals surface area contributed by atoms with E-state index in [0.29, 0.717) is 12.1 Å². The van der Waals surface area contributed by atoms with Gasteiger partial charge >= 0.3 is 0 Å². The van der Waals surface area contributed by atoms with Gasteiger partial charge in [0.25, 0.3) is 0 Å². The highest BCUT2D eigenvalue weighted by molar-refractivity contribution is 5.92. The topological polar surface area (TPSA) is 69.7 Å². The van der Waals surface area contributed by atoms with Crippen LogP contribution >= 0.6 is 0 Å². The molecule has 0 spiro atoms. The summed E-state index contributed by atoms with van der Waals surface area (Å²) >= 11 is 0. The highest BCUT2D eigenvalue weighted by Gasteiger charge is 2.26. The molecule has 7 heteroatoms. The zero-order chi connectivity index (χ0) is 23.9. The highest BCUT2D eigenvalue weighted by Crippen LogP contribution is 2.27. The summed E-state index contributed by atoms with van der Waals surface area (Å²) in [5.74, 6) is 0.381. The normalized spacial score (nSPS) is 21.2. The number of carbonyl (C=O) groups excluding carboxylic acids is 1. The molecule has 1 aliphatic carbocycles. The van der Waals surface area contributed by atoms with Crippen LogP contribution in [0.25, 0.3) is 0 Å². The van der Waals surface area contributed by atoms with E-state index >= 15 is 0 Å². The monoisotopic (exact) mass is 477 g/mol. The van der Waals surface area contributed by atoms with Crippen molar-refractivity contribution in [2.45, 2.75) is 50.6 Å². The van der Waals surface area contributed by atoms with Crippen LogP contribution in [-0.4, -0.2) is 67.8 Å². The van der Waals surface area contributed by atoms with Crippen LogP contribution in [0.15, 0.2) is 48.8 Å². The van der Waals surface area contributed by atoms with Crippen molar-refractivity contribution in [2.24, 2.45) is 5.92 Å². The number of pyridine rings is 1. The first-order chi connectivity index (χ1) is 17.3. The molecule has 1 saturated carbocycles. The van der Waals surface area contributed by atoms with Gasteiger partial charge in [-0.2, -0.15) is 0 Å². The number of amides is 1. The number of anilines is 2. The van der Waals surface area contributed by atoms with E-state index in [1.54, 1.807) is 0 Å². The van der Waals surface area contributed by atoms with Crippen LogP contribution < -0.4 is 15.5 Å². The Hall–Kier alpha value is -2.48. The lowest BCUT2D eigenvalue weighted by molar-refractivity contribution is -0.119. The minimum Gasteiger partial charge on any atom is -0.379 e. The van der Waals surface area contributed by atoms with Crippen LogP contribution in [0.2, 0.25) is 0 Å². The predicted molar refractivity (Wildman–Crippen MR) is 140 cm³/mol. The van der Waals surface area contributed by atoms with E-state index < -0.39 is 0 Å². The zero-order valence-electron chi connectivity index (χ0n) is 20.7. The van der Waals surface area contributed by atoms with Gasteiger partial charge in [0.1, 0.15) is 0 Å². The smallest absolute Gasteiger partial charge is 0.227 e. The average molecular weight is 478 g/mol. The molecule has 1 aromatic carbocycles. The van der Waals surface area contributed by atoms with Gasteiger partial charge in [0.15, 0.2) is 0 Å². The van der Waals surface area contributed by atoms with E-state index in [2.05, 4.69) is 49.7 Å². The summed E-state index contributed by atoms with van der Waals surface area (Å²) in [4.78, 5) is 21.6. The van der Waals surface area contributed by atoms with Gasteiger partial charge in [-0.1, -0.05) is 12.8 Å². The maximum Gasteiger partial charge on any atom is 0.227 e. The first kappa shape index (κ1) is 24.2. The number of benzene rings is 1. The highest BCUT2D eigenvalue weighted by atomic mass is 16.5. The fourth-order valence-corrected chi connectivity index (χ4v) is 5.74. The Labute approximate surface area is 209 Å². The Bertz CT molecular complexity index is 918. The fraction of sp³-hybridized carbons (Fsp3) is 0.571. The first-order valence-corrected chi connectivity index (χ1v) is 13.4. The molecule has 2 saturated heterocycles. The second-order valence-electron chi connectivity index (χ2n) is 10.1. The number of rotatable bonds is 8. The van der Waals surface area contributed by atoms with Crippen molar-refractivity contribution in [3.8, 4) is 0 Å². The molecular weight excluding hydrogens is 438 g/mol. The van der Waals surface area contributed by atoms with Gasteiger partial charge in [-0.25, -0.2) is 0 Å². The molecule has 3 fully saturated rings. The molecule has 3 aliphatic rings. The standard InChI is InChI=1S/C28H39N5O2/c34-28(23-3-1-2-4-23)31-25-5-7-26(8-6-25)32-15-11-24(12-16-32)30-21-27(22-9-13-29-14-10-22)33-17-19-35-20-18-33/h5-10,13-14,23-24,27,30H,1-4,11-12,15-21H2,(H,31,34). The Kier molecular flexibility index (Phi) is 8.29. The van der Waals surface area contributed by atoms with Gasteiger partial charge < -0.3 is 20.3 Å². The first-order valence-electron chi connectivity index (χ1n) is 13.4. The van der Waals surface area contributed by atoms with Gasteiger partial charge in [-0.05, 0) is 67.6 Å². The lowest BCUT2D eigenvalue weighted by Crippen LogP contribution is -2.47. The molecule has 1 unspecified atom stereocenters. The van der Waals surface area contributed by atoms with Crippen molar-refractivity contribution in [3.63, 3.8) is 0 Å². The molecule has 3 heterocycles. The second kappa shape index (κ2) is 12.0. The molecule has 1 atom stereocenters. The lowest BCUT2D eigenvalue weighted by Gasteiger charge is -2.38. The minimum atomic E-state index is 0.185. The number of nitrogens with zero attached hydrogens (tertiary/aromatic N) is 3. The quantitative estimate of drug-likeness (QED) is 0.602. The van der Waals surface area contributed by atoms with Crippen LogP contribution in [0.4, 0.5) is 11.4 Å². The number of hydrogen-bond donors (Lipinski definition) is 2. The summed E-state index contributed by atoms with van der Waals surface area (Å²) in [5.41, 5.74) is 3.48. The maximum absolute atomic E-state index is 12.4. The van der Waals surface area contributed by atoms with E-state index in [1.165, 1.54) is 24.1 Å². The van der Waals surface area contributed by atoms with Crippen molar-refractivity contribution in [2.75, 3.05) is 56.2 Å². The molecule has 2 N–H and O–H groups in total. The third-order valence-corrected chi connectivity index (χ3v) is 7.90. The third-order valence-electron chi connectivity index (χ3n) is 7.90. The van der Waals surface area contributed by atoms with Gasteiger partial charge in [0, 0.05) is 74.5 Å². The summed E-state index contributed by atoms with van der Waals surface area (Å²) < 4.78 is 5.58. The van der Waals surface area contributed by atoms with Crippen LogP contribution in [-0.2, 0) is 9.53 Å². The van der Waals surface area contributed by atoms with Gasteiger partial charge in [-0.15, -0.1) is 0 Å². The molecule has 0 bridgehead atoms. The summed E-state index contributed by atoms with van der Waals surface area (Å²) in [6.45, 7) is 6.61. The SMILES string of the molecule is O=C(Nc1ccc(N2CCC(NCC(c3ccncc3)N3CCOCC3)CC2)cc1)C1CCCC1. The zero-order valence-corrected chi connectivity index (χ0v) is 20.7. The fourth-order valence-electron chi connectivity index (χ4n) is 5.74. The van der Waals surface area contributed by atoms with E-state index in [1.807, 2.05) is 24.5 Å². The third kappa shape index (κ3) is 6.40. The molecule has 188 valence electrons. The number of ether oxygens (including phenoxy) is 1. The molecule has 2 aromatic rings. The Morgan fingerprint density at radius 1 is 0.943 bits per heavy atom. The van der Waals surface area contributed by atoms with Crippen molar-refractivity contribution >= 4 is 17.3 Å². The maximum atomic E-state index is 12.4. The lowest BCUT2D eigenvalue weighted by atomic mass is 10.0. The van der Waals surface area contributed by atoms with E-state index in [-0.39, 0.29) is 11.8 Å². The predicted octanol–water partition coefficient (Wildman–Crippen LogP) is 3.84. The van der Waals surface area contributed by atoms with E-state index in [9.17, 15) is 4.79 Å². The van der Waals surface area contributed by atoms with Crippen LogP contribution in [0.3, 0.4) is 0 Å². The molecule has 7 nitrogen and oxygen atoms in total. The molecule has 35 heavy (non-hydrogen) atoms. The van der Waals surface area contributed by atoms with Gasteiger partial charge in [0.2, 0.25) is 5.91 Å². The Morgan fingerprint density at radius 3 is 2.31 bits per heavy atom. The number of carbonyl (C=O) groups is 1. The number of aromatic nitrogens is 1. The summed E-state index contributed by atoms with van der Waals surface area (Å²) in [6, 6.07) is 13.6. The number of piperidine rings is 1. The van der Waals surface area contributed by atoms with Crippen molar-refractivity contribution < 1.29 is 9.53 Å². The largest absolute Gasteiger partial charge is 0.379 e. The number of nitrogens with one attached hydrogen (secondary N) is 2. The summed E-state index contributed by atoms with van der Waals surface area (Å²) in [7, 11) is 0. The number of morpholine rings is 1. The summed E-state index contributed by atoms with van der Waals surface area (Å²) in [5, 5.41) is 6.98. The van der Waals surface area contributed by atoms with E-state index in [0.717, 1.165) is 77.3 Å². The molecule has 1 aromatic heterocycles. The Balaban J connectivity index is 1.10. The Morgan fingerprint density at radius 2 is 1.63 bits per heavy atom. The molecule has 2 aliphatic heterocycles. The number of hydrogen-bond acceptors (Lipinski definition) is 6. The molecule has 0 radical (unpaired) electrons. The van der Waals surface area contributed by atoms with Crippen molar-refractivity contribution in [1.82, 2.24) is 15.2 Å². The molecule has 1 amide bonds. The molecule has 5 rings (SSSR count).